The van der Waals surface area contributed by atoms with Gasteiger partial charge in [-0.15, -0.1) is 0 Å². The summed E-state index contributed by atoms with van der Waals surface area (Å²) < 4.78 is 44.9. The van der Waals surface area contributed by atoms with Crippen molar-refractivity contribution >= 4 is 11.7 Å². The van der Waals surface area contributed by atoms with Gasteiger partial charge in [0.15, 0.2) is 5.82 Å². The number of halogens is 3. The van der Waals surface area contributed by atoms with Crippen LogP contribution in [0, 0.1) is 18.3 Å². The highest BCUT2D eigenvalue weighted by Gasteiger charge is 2.67. The molecule has 9 heteroatoms. The number of nitrogens with one attached hydrogen (secondary N) is 2. The third kappa shape index (κ3) is 1.80. The molecule has 0 unspecified atom stereocenters. The lowest BCUT2D eigenvalue weighted by Crippen LogP contribution is -2.59. The van der Waals surface area contributed by atoms with Crippen LogP contribution in [0.5, 0.6) is 0 Å². The van der Waals surface area contributed by atoms with E-state index in [0.717, 1.165) is 0 Å². The first-order valence-electron chi connectivity index (χ1n) is 5.43. The van der Waals surface area contributed by atoms with Crippen LogP contribution in [0.2, 0.25) is 0 Å². The summed E-state index contributed by atoms with van der Waals surface area (Å²) in [4.78, 5) is 11.8. The Labute approximate surface area is 111 Å². The van der Waals surface area contributed by atoms with E-state index in [1.807, 2.05) is 10.6 Å². The summed E-state index contributed by atoms with van der Waals surface area (Å²) in [5.74, 6) is -1.39. The van der Waals surface area contributed by atoms with Crippen molar-refractivity contribution in [1.82, 2.24) is 10.5 Å². The average Bonchev–Trinajstić information content (AvgIpc) is 2.82. The summed E-state index contributed by atoms with van der Waals surface area (Å²) in [5.41, 5.74) is -4.05. The molecule has 0 spiro atoms. The second-order valence-electron chi connectivity index (χ2n) is 4.26. The minimum atomic E-state index is -5.02. The summed E-state index contributed by atoms with van der Waals surface area (Å²) >= 11 is 0. The second-order valence-corrected chi connectivity index (χ2v) is 4.26. The minimum absolute atomic E-state index is 0.150. The molecule has 2 rings (SSSR count). The fourth-order valence-corrected chi connectivity index (χ4v) is 1.97. The highest BCUT2D eigenvalue weighted by Crippen LogP contribution is 2.42. The van der Waals surface area contributed by atoms with Crippen molar-refractivity contribution < 1.29 is 22.5 Å². The standard InChI is InChI=1S/C11H9F3N4O2/c1-5-3-8(18-20-5)17-10(11(12,13)14)7(4-15)6(2)16-9(10)19/h3H,1-2H3,(H,16,19)(H,17,18)/t10-/m0/s1. The lowest BCUT2D eigenvalue weighted by Gasteiger charge is -2.30. The highest BCUT2D eigenvalue weighted by molar-refractivity contribution is 6.00. The Balaban J connectivity index is 2.58. The maximum atomic E-state index is 13.4. The quantitative estimate of drug-likeness (QED) is 0.862. The van der Waals surface area contributed by atoms with E-state index in [-0.39, 0.29) is 17.3 Å². The molecule has 1 aliphatic heterocycles. The van der Waals surface area contributed by atoms with Crippen LogP contribution in [0.3, 0.4) is 0 Å². The zero-order valence-corrected chi connectivity index (χ0v) is 10.4. The summed E-state index contributed by atoms with van der Waals surface area (Å²) in [7, 11) is 0. The predicted molar refractivity (Wildman–Crippen MR) is 60.1 cm³/mol. The van der Waals surface area contributed by atoms with E-state index in [1.165, 1.54) is 26.0 Å². The molecular formula is C11H9F3N4O2. The van der Waals surface area contributed by atoms with Gasteiger partial charge in [-0.05, 0) is 13.8 Å². The van der Waals surface area contributed by atoms with Gasteiger partial charge in [-0.3, -0.25) is 4.79 Å². The van der Waals surface area contributed by atoms with Gasteiger partial charge in [-0.25, -0.2) is 0 Å². The van der Waals surface area contributed by atoms with E-state index in [9.17, 15) is 18.0 Å². The fraction of sp³-hybridized carbons (Fsp3) is 0.364. The SMILES string of the molecule is CC1=C(C#N)[C@@](Nc2cc(C)on2)(C(F)(F)F)C(=O)N1. The van der Waals surface area contributed by atoms with Crippen LogP contribution in [0.1, 0.15) is 12.7 Å². The van der Waals surface area contributed by atoms with Gasteiger partial charge in [0.2, 0.25) is 0 Å². The number of hydrogen-bond donors (Lipinski definition) is 2. The van der Waals surface area contributed by atoms with Gasteiger partial charge in [-0.2, -0.15) is 18.4 Å². The molecule has 0 fully saturated rings. The number of nitrogens with zero attached hydrogens (tertiary/aromatic N) is 2. The van der Waals surface area contributed by atoms with Gasteiger partial charge >= 0.3 is 6.18 Å². The van der Waals surface area contributed by atoms with Crippen molar-refractivity contribution in [3.8, 4) is 6.07 Å². The van der Waals surface area contributed by atoms with E-state index < -0.39 is 23.2 Å². The molecule has 6 nitrogen and oxygen atoms in total. The third-order valence-electron chi connectivity index (χ3n) is 2.87. The Hall–Kier alpha value is -2.50. The lowest BCUT2D eigenvalue weighted by atomic mass is 9.90. The van der Waals surface area contributed by atoms with Gasteiger partial charge in [0.1, 0.15) is 5.76 Å². The summed E-state index contributed by atoms with van der Waals surface area (Å²) in [6, 6.07) is 2.62. The topological polar surface area (TPSA) is 91.0 Å². The van der Waals surface area contributed by atoms with Gasteiger partial charge in [0, 0.05) is 11.8 Å². The number of anilines is 1. The van der Waals surface area contributed by atoms with Gasteiger partial charge in [0.25, 0.3) is 11.4 Å². The molecule has 0 aromatic carbocycles. The van der Waals surface area contributed by atoms with Crippen LogP contribution in [0.15, 0.2) is 21.9 Å². The molecule has 0 radical (unpaired) electrons. The smallest absolute Gasteiger partial charge is 0.360 e. The third-order valence-corrected chi connectivity index (χ3v) is 2.87. The van der Waals surface area contributed by atoms with E-state index >= 15 is 0 Å². The first-order valence-corrected chi connectivity index (χ1v) is 5.43. The number of nitriles is 1. The number of carbonyl (C=O) groups excluding carboxylic acids is 1. The Kier molecular flexibility index (Phi) is 2.97. The monoisotopic (exact) mass is 286 g/mol. The Morgan fingerprint density at radius 2 is 2.15 bits per heavy atom. The molecule has 1 atom stereocenters. The number of amides is 1. The van der Waals surface area contributed by atoms with Crippen LogP contribution in [-0.2, 0) is 4.79 Å². The largest absolute Gasteiger partial charge is 0.425 e. The van der Waals surface area contributed by atoms with E-state index in [1.54, 1.807) is 0 Å². The molecule has 0 aliphatic carbocycles. The molecule has 20 heavy (non-hydrogen) atoms. The molecule has 106 valence electrons. The summed E-state index contributed by atoms with van der Waals surface area (Å²) in [6.45, 7) is 2.71. The maximum absolute atomic E-state index is 13.4. The summed E-state index contributed by atoms with van der Waals surface area (Å²) in [5, 5.41) is 16.3. The number of aromatic nitrogens is 1. The molecule has 1 aromatic heterocycles. The lowest BCUT2D eigenvalue weighted by molar-refractivity contribution is -0.174. The van der Waals surface area contributed by atoms with Gasteiger partial charge in [-0.1, -0.05) is 5.16 Å². The van der Waals surface area contributed by atoms with Crippen molar-refractivity contribution in [3.05, 3.63) is 23.1 Å². The zero-order valence-electron chi connectivity index (χ0n) is 10.4. The summed E-state index contributed by atoms with van der Waals surface area (Å²) in [6.07, 6.45) is -5.02. The van der Waals surface area contributed by atoms with E-state index in [4.69, 9.17) is 5.26 Å². The normalized spacial score (nSPS) is 22.7. The fourth-order valence-electron chi connectivity index (χ4n) is 1.97. The Morgan fingerprint density at radius 1 is 1.50 bits per heavy atom. The van der Waals surface area contributed by atoms with Crippen LogP contribution >= 0.6 is 0 Å². The molecule has 0 saturated heterocycles. The van der Waals surface area contributed by atoms with Crippen molar-refractivity contribution in [3.63, 3.8) is 0 Å². The number of aryl methyl sites for hydroxylation is 1. The van der Waals surface area contributed by atoms with Crippen molar-refractivity contribution in [2.75, 3.05) is 5.32 Å². The maximum Gasteiger partial charge on any atom is 0.425 e. The molecular weight excluding hydrogens is 277 g/mol. The van der Waals surface area contributed by atoms with Crippen LogP contribution < -0.4 is 10.6 Å². The number of allylic oxidation sites excluding steroid dienone is 1. The number of rotatable bonds is 2. The van der Waals surface area contributed by atoms with Crippen molar-refractivity contribution in [2.24, 2.45) is 0 Å². The van der Waals surface area contributed by atoms with E-state index in [2.05, 4.69) is 9.68 Å². The highest BCUT2D eigenvalue weighted by atomic mass is 19.4. The zero-order chi connectivity index (χ0) is 15.1. The Bertz CT molecular complexity index is 641. The molecule has 1 aliphatic rings. The van der Waals surface area contributed by atoms with Crippen LogP contribution in [0.4, 0.5) is 19.0 Å². The van der Waals surface area contributed by atoms with Crippen molar-refractivity contribution in [1.29, 1.82) is 5.26 Å². The van der Waals surface area contributed by atoms with Gasteiger partial charge < -0.3 is 15.2 Å². The molecule has 0 bridgehead atoms. The minimum Gasteiger partial charge on any atom is -0.360 e. The molecule has 2 heterocycles. The number of alkyl halides is 3. The molecule has 0 saturated carbocycles. The van der Waals surface area contributed by atoms with Crippen molar-refractivity contribution in [2.45, 2.75) is 25.6 Å². The average molecular weight is 286 g/mol. The van der Waals surface area contributed by atoms with Crippen LogP contribution in [0.25, 0.3) is 0 Å². The number of hydrogen-bond acceptors (Lipinski definition) is 5. The van der Waals surface area contributed by atoms with Gasteiger partial charge in [0.05, 0.1) is 11.6 Å². The molecule has 1 amide bonds. The van der Waals surface area contributed by atoms with E-state index in [0.29, 0.717) is 0 Å². The first kappa shape index (κ1) is 13.9. The second kappa shape index (κ2) is 4.26. The number of carbonyl (C=O) groups is 1. The predicted octanol–water partition coefficient (Wildman–Crippen LogP) is 1.62. The molecule has 1 aromatic rings. The Morgan fingerprint density at radius 3 is 2.60 bits per heavy atom. The first-order chi connectivity index (χ1) is 9.22. The van der Waals surface area contributed by atoms with Crippen LogP contribution in [-0.4, -0.2) is 22.8 Å². The molecule has 2 N–H and O–H groups in total.